The van der Waals surface area contributed by atoms with E-state index in [-0.39, 0.29) is 45.7 Å². The third kappa shape index (κ3) is 14.7. The summed E-state index contributed by atoms with van der Waals surface area (Å²) in [6.07, 6.45) is 14.1. The highest BCUT2D eigenvalue weighted by atomic mass is 16.5. The molecule has 4 atom stereocenters. The SMILES string of the molecule is CC1(C)CC(N=C=O)CC(C)(CCC(=O)OCCCCOCCCCOC(=O)CCC2(C)CC(OC#N)CC(C)(C)C2)C1. The van der Waals surface area contributed by atoms with Gasteiger partial charge < -0.3 is 18.9 Å². The number of aliphatic imine (C=N–C) groups is 1. The monoisotopic (exact) mass is 604 g/mol. The van der Waals surface area contributed by atoms with Gasteiger partial charge in [0.15, 0.2) is 0 Å². The van der Waals surface area contributed by atoms with Crippen LogP contribution in [0.4, 0.5) is 0 Å². The van der Waals surface area contributed by atoms with Gasteiger partial charge in [0.2, 0.25) is 6.08 Å². The maximum absolute atomic E-state index is 12.3. The molecule has 2 saturated carbocycles. The Labute approximate surface area is 259 Å². The van der Waals surface area contributed by atoms with Gasteiger partial charge in [-0.1, -0.05) is 41.5 Å². The van der Waals surface area contributed by atoms with Crippen molar-refractivity contribution >= 4 is 18.0 Å². The molecule has 2 aliphatic rings. The molecule has 0 N–H and O–H groups in total. The molecule has 4 unspecified atom stereocenters. The zero-order chi connectivity index (χ0) is 32.0. The third-order valence-corrected chi connectivity index (χ3v) is 9.04. The number of carbonyl (C=O) groups excluding carboxylic acids is 3. The van der Waals surface area contributed by atoms with Crippen LogP contribution in [-0.4, -0.2) is 56.6 Å². The lowest BCUT2D eigenvalue weighted by Crippen LogP contribution is -2.39. The Morgan fingerprint density at radius 1 is 0.744 bits per heavy atom. The van der Waals surface area contributed by atoms with Crippen molar-refractivity contribution in [2.75, 3.05) is 26.4 Å². The van der Waals surface area contributed by atoms with Gasteiger partial charge in [-0.05, 0) is 98.7 Å². The number of unbranched alkanes of at least 4 members (excludes halogenated alkanes) is 2. The quantitative estimate of drug-likeness (QED) is 0.0528. The minimum atomic E-state index is -0.176. The van der Waals surface area contributed by atoms with Crippen molar-refractivity contribution in [2.45, 2.75) is 144 Å². The minimum absolute atomic E-state index is 0.0215. The van der Waals surface area contributed by atoms with Gasteiger partial charge in [-0.25, -0.2) is 9.79 Å². The van der Waals surface area contributed by atoms with Crippen molar-refractivity contribution in [1.82, 2.24) is 0 Å². The summed E-state index contributed by atoms with van der Waals surface area (Å²) in [5.74, 6) is -0.352. The van der Waals surface area contributed by atoms with Gasteiger partial charge in [0, 0.05) is 26.1 Å². The van der Waals surface area contributed by atoms with Crippen LogP contribution in [0.1, 0.15) is 131 Å². The van der Waals surface area contributed by atoms with Crippen LogP contribution >= 0.6 is 0 Å². The summed E-state index contributed by atoms with van der Waals surface area (Å²) in [6, 6.07) is -0.0215. The molecule has 0 amide bonds. The van der Waals surface area contributed by atoms with Crippen molar-refractivity contribution in [1.29, 1.82) is 5.26 Å². The van der Waals surface area contributed by atoms with E-state index in [1.807, 2.05) is 6.26 Å². The molecule has 0 aromatic rings. The molecule has 0 aliphatic heterocycles. The smallest absolute Gasteiger partial charge is 0.305 e. The van der Waals surface area contributed by atoms with E-state index in [1.54, 1.807) is 6.08 Å². The van der Waals surface area contributed by atoms with Crippen LogP contribution in [0.5, 0.6) is 0 Å². The minimum Gasteiger partial charge on any atom is -0.466 e. The van der Waals surface area contributed by atoms with Crippen LogP contribution in [0.2, 0.25) is 0 Å². The number of isocyanates is 1. The second-order valence-corrected chi connectivity index (χ2v) is 15.3. The van der Waals surface area contributed by atoms with E-state index in [0.29, 0.717) is 39.3 Å². The first-order chi connectivity index (χ1) is 20.2. The van der Waals surface area contributed by atoms with Crippen LogP contribution in [0.3, 0.4) is 0 Å². The van der Waals surface area contributed by atoms with Gasteiger partial charge in [-0.3, -0.25) is 9.59 Å². The fourth-order valence-corrected chi connectivity index (χ4v) is 7.86. The number of nitrogens with zero attached hydrogens (tertiary/aromatic N) is 2. The van der Waals surface area contributed by atoms with Crippen molar-refractivity contribution in [3.05, 3.63) is 0 Å². The number of esters is 2. The molecule has 0 heterocycles. The van der Waals surface area contributed by atoms with E-state index >= 15 is 0 Å². The average molecular weight is 605 g/mol. The summed E-state index contributed by atoms with van der Waals surface area (Å²) in [6.45, 7) is 15.1. The van der Waals surface area contributed by atoms with E-state index in [9.17, 15) is 14.4 Å². The summed E-state index contributed by atoms with van der Waals surface area (Å²) in [4.78, 5) is 39.3. The molecule has 0 bridgehead atoms. The molecule has 2 aliphatic carbocycles. The first-order valence-corrected chi connectivity index (χ1v) is 16.2. The van der Waals surface area contributed by atoms with Crippen LogP contribution in [0, 0.1) is 33.2 Å². The molecular formula is C34H56N2O7. The lowest BCUT2D eigenvalue weighted by atomic mass is 9.61. The maximum atomic E-state index is 12.3. The predicted octanol–water partition coefficient (Wildman–Crippen LogP) is 7.21. The molecule has 9 heteroatoms. The molecule has 0 radical (unpaired) electrons. The molecule has 2 fully saturated rings. The normalized spacial score (nSPS) is 27.7. The Morgan fingerprint density at radius 2 is 1.23 bits per heavy atom. The van der Waals surface area contributed by atoms with Crippen molar-refractivity contribution in [2.24, 2.45) is 26.7 Å². The van der Waals surface area contributed by atoms with Gasteiger partial charge in [-0.15, -0.1) is 0 Å². The Balaban J connectivity index is 1.46. The summed E-state index contributed by atoms with van der Waals surface area (Å²) < 4.78 is 21.8. The molecule has 43 heavy (non-hydrogen) atoms. The number of carbonyl (C=O) groups is 2. The Bertz CT molecular complexity index is 984. The first-order valence-electron chi connectivity index (χ1n) is 16.2. The van der Waals surface area contributed by atoms with Crippen LogP contribution in [0.25, 0.3) is 0 Å². The van der Waals surface area contributed by atoms with Crippen molar-refractivity contribution in [3.63, 3.8) is 0 Å². The molecule has 244 valence electrons. The zero-order valence-corrected chi connectivity index (χ0v) is 27.6. The highest BCUT2D eigenvalue weighted by Gasteiger charge is 2.43. The lowest BCUT2D eigenvalue weighted by molar-refractivity contribution is -0.145. The van der Waals surface area contributed by atoms with E-state index in [1.165, 1.54) is 0 Å². The molecule has 0 saturated heterocycles. The van der Waals surface area contributed by atoms with Crippen LogP contribution in [0.15, 0.2) is 4.99 Å². The average Bonchev–Trinajstić information content (AvgIpc) is 2.87. The fourth-order valence-electron chi connectivity index (χ4n) is 7.86. The fraction of sp³-hybridized carbons (Fsp3) is 0.882. The van der Waals surface area contributed by atoms with Gasteiger partial charge >= 0.3 is 11.9 Å². The summed E-state index contributed by atoms with van der Waals surface area (Å²) in [5.41, 5.74) is 0.0750. The number of ether oxygens (including phenoxy) is 4. The summed E-state index contributed by atoms with van der Waals surface area (Å²) >= 11 is 0. The number of hydrogen-bond donors (Lipinski definition) is 0. The van der Waals surface area contributed by atoms with E-state index < -0.39 is 0 Å². The Morgan fingerprint density at radius 3 is 1.74 bits per heavy atom. The van der Waals surface area contributed by atoms with Gasteiger partial charge in [-0.2, -0.15) is 5.26 Å². The van der Waals surface area contributed by atoms with E-state index in [2.05, 4.69) is 46.5 Å². The van der Waals surface area contributed by atoms with Crippen LogP contribution < -0.4 is 0 Å². The second kappa shape index (κ2) is 17.2. The second-order valence-electron chi connectivity index (χ2n) is 15.3. The summed E-state index contributed by atoms with van der Waals surface area (Å²) in [5, 5.41) is 8.92. The molecule has 9 nitrogen and oxygen atoms in total. The standard InChI is InChI=1S/C34H56N2O7/c1-31(2)19-27(36-26-37)20-33(5,23-31)13-11-29(38)41-17-9-7-15-40-16-8-10-18-42-30(39)12-14-34(6)22-28(43-25-35)21-32(3,4)24-34/h27-28H,7-24H2,1-6H3. The van der Waals surface area contributed by atoms with Gasteiger partial charge in [0.05, 0.1) is 19.3 Å². The van der Waals surface area contributed by atoms with E-state index in [4.69, 9.17) is 24.2 Å². The van der Waals surface area contributed by atoms with Crippen molar-refractivity contribution in [3.8, 4) is 6.26 Å². The molecule has 0 aromatic carbocycles. The largest absolute Gasteiger partial charge is 0.466 e. The van der Waals surface area contributed by atoms with Crippen LogP contribution in [-0.2, 0) is 33.3 Å². The number of hydrogen-bond acceptors (Lipinski definition) is 9. The van der Waals surface area contributed by atoms with Gasteiger partial charge in [0.1, 0.15) is 6.10 Å². The zero-order valence-electron chi connectivity index (χ0n) is 27.6. The third-order valence-electron chi connectivity index (χ3n) is 9.04. The highest BCUT2D eigenvalue weighted by Crippen LogP contribution is 2.50. The Hall–Kier alpha value is -2.43. The summed E-state index contributed by atoms with van der Waals surface area (Å²) in [7, 11) is 0. The molecule has 0 aromatic heterocycles. The number of nitriles is 1. The van der Waals surface area contributed by atoms with E-state index in [0.717, 1.165) is 77.0 Å². The number of rotatable bonds is 18. The lowest BCUT2D eigenvalue weighted by Gasteiger charge is -2.45. The molecule has 0 spiro atoms. The van der Waals surface area contributed by atoms with Crippen molar-refractivity contribution < 1.29 is 33.3 Å². The Kier molecular flexibility index (Phi) is 14.7. The van der Waals surface area contributed by atoms with Gasteiger partial charge in [0.25, 0.3) is 6.26 Å². The molecule has 2 rings (SSSR count). The topological polar surface area (TPSA) is 124 Å². The maximum Gasteiger partial charge on any atom is 0.305 e. The first kappa shape index (κ1) is 36.8. The highest BCUT2D eigenvalue weighted by molar-refractivity contribution is 5.69. The molecular weight excluding hydrogens is 548 g/mol. The predicted molar refractivity (Wildman–Crippen MR) is 164 cm³/mol.